The lowest BCUT2D eigenvalue weighted by molar-refractivity contribution is -0.128. The molecule has 1 aromatic carbocycles. The van der Waals surface area contributed by atoms with Gasteiger partial charge in [-0.25, -0.2) is 4.39 Å². The summed E-state index contributed by atoms with van der Waals surface area (Å²) in [5.74, 6) is -1.49. The van der Waals surface area contributed by atoms with E-state index in [0.29, 0.717) is 10.0 Å². The Kier molecular flexibility index (Phi) is 3.65. The number of halogens is 2. The molecule has 0 bridgehead atoms. The van der Waals surface area contributed by atoms with Gasteiger partial charge in [0.05, 0.1) is 5.92 Å². The van der Waals surface area contributed by atoms with Gasteiger partial charge in [-0.15, -0.1) is 0 Å². The summed E-state index contributed by atoms with van der Waals surface area (Å²) in [7, 11) is 0. The summed E-state index contributed by atoms with van der Waals surface area (Å²) in [6.45, 7) is 0.436. The average Bonchev–Trinajstić information content (AvgIpc) is 2.64. The third-order valence-electron chi connectivity index (χ3n) is 2.99. The van der Waals surface area contributed by atoms with Crippen LogP contribution in [0.2, 0.25) is 0 Å². The molecule has 2 amide bonds. The summed E-state index contributed by atoms with van der Waals surface area (Å²) < 4.78 is 14.3. The molecule has 1 aromatic rings. The number of primary amides is 1. The van der Waals surface area contributed by atoms with E-state index in [1.165, 1.54) is 11.0 Å². The summed E-state index contributed by atoms with van der Waals surface area (Å²) in [4.78, 5) is 24.1. The molecule has 4 nitrogen and oxygen atoms in total. The first-order valence-corrected chi connectivity index (χ1v) is 6.27. The van der Waals surface area contributed by atoms with Crippen LogP contribution >= 0.6 is 15.9 Å². The molecule has 1 unspecified atom stereocenters. The van der Waals surface area contributed by atoms with Crippen LogP contribution in [0.1, 0.15) is 12.0 Å². The number of carbonyl (C=O) groups is 2. The number of nitrogens with zero attached hydrogens (tertiary/aromatic N) is 1. The lowest BCUT2D eigenvalue weighted by atomic mass is 10.1. The molecule has 1 aliphatic heterocycles. The molecule has 0 radical (unpaired) electrons. The second-order valence-electron chi connectivity index (χ2n) is 4.31. The van der Waals surface area contributed by atoms with Gasteiger partial charge in [0.15, 0.2) is 0 Å². The summed E-state index contributed by atoms with van der Waals surface area (Å²) in [5, 5.41) is 0. The monoisotopic (exact) mass is 314 g/mol. The van der Waals surface area contributed by atoms with Gasteiger partial charge < -0.3 is 10.6 Å². The molecule has 0 aliphatic carbocycles. The van der Waals surface area contributed by atoms with E-state index >= 15 is 0 Å². The van der Waals surface area contributed by atoms with Crippen LogP contribution in [0.4, 0.5) is 4.39 Å². The highest BCUT2D eigenvalue weighted by atomic mass is 79.9. The van der Waals surface area contributed by atoms with Crippen molar-refractivity contribution >= 4 is 27.7 Å². The van der Waals surface area contributed by atoms with Crippen LogP contribution in [0, 0.1) is 11.7 Å². The Labute approximate surface area is 112 Å². The van der Waals surface area contributed by atoms with Crippen molar-refractivity contribution in [2.45, 2.75) is 13.0 Å². The molecule has 96 valence electrons. The molecule has 1 atom stereocenters. The minimum Gasteiger partial charge on any atom is -0.369 e. The minimum absolute atomic E-state index is 0.119. The Morgan fingerprint density at radius 2 is 2.28 bits per heavy atom. The van der Waals surface area contributed by atoms with Gasteiger partial charge in [0.1, 0.15) is 5.82 Å². The Morgan fingerprint density at radius 3 is 2.83 bits per heavy atom. The molecule has 2 N–H and O–H groups in total. The van der Waals surface area contributed by atoms with Crippen LogP contribution in [-0.2, 0) is 16.1 Å². The number of nitrogens with two attached hydrogens (primary N) is 1. The van der Waals surface area contributed by atoms with Crippen molar-refractivity contribution in [3.63, 3.8) is 0 Å². The molecular formula is C12H12BrFN2O2. The maximum atomic E-state index is 13.6. The van der Waals surface area contributed by atoms with Crippen molar-refractivity contribution in [2.24, 2.45) is 11.7 Å². The molecular weight excluding hydrogens is 303 g/mol. The van der Waals surface area contributed by atoms with Gasteiger partial charge >= 0.3 is 0 Å². The van der Waals surface area contributed by atoms with Crippen molar-refractivity contribution in [1.82, 2.24) is 4.90 Å². The van der Waals surface area contributed by atoms with Crippen LogP contribution in [0.25, 0.3) is 0 Å². The Balaban J connectivity index is 2.10. The van der Waals surface area contributed by atoms with Crippen LogP contribution in [0.15, 0.2) is 22.7 Å². The van der Waals surface area contributed by atoms with Crippen LogP contribution in [-0.4, -0.2) is 23.3 Å². The summed E-state index contributed by atoms with van der Waals surface area (Å²) in [5.41, 5.74) is 5.59. The smallest absolute Gasteiger partial charge is 0.223 e. The lowest BCUT2D eigenvalue weighted by Crippen LogP contribution is -2.28. The quantitative estimate of drug-likeness (QED) is 0.917. The molecule has 1 heterocycles. The topological polar surface area (TPSA) is 63.4 Å². The predicted molar refractivity (Wildman–Crippen MR) is 66.8 cm³/mol. The van der Waals surface area contributed by atoms with E-state index in [1.54, 1.807) is 12.1 Å². The third kappa shape index (κ3) is 2.69. The summed E-state index contributed by atoms with van der Waals surface area (Å²) >= 11 is 3.17. The molecule has 6 heteroatoms. The highest BCUT2D eigenvalue weighted by molar-refractivity contribution is 9.10. The molecule has 0 spiro atoms. The maximum absolute atomic E-state index is 13.6. The number of rotatable bonds is 3. The number of hydrogen-bond acceptors (Lipinski definition) is 2. The van der Waals surface area contributed by atoms with Crippen molar-refractivity contribution in [3.8, 4) is 0 Å². The minimum atomic E-state index is -0.484. The standard InChI is InChI=1S/C12H12BrFN2O2/c13-9-2-1-7(10(14)4-9)5-16-6-8(12(15)18)3-11(16)17/h1-2,4,8H,3,5-6H2,(H2,15,18). The van der Waals surface area contributed by atoms with Crippen molar-refractivity contribution in [3.05, 3.63) is 34.1 Å². The van der Waals surface area contributed by atoms with E-state index < -0.39 is 11.8 Å². The zero-order valence-electron chi connectivity index (χ0n) is 9.53. The number of benzene rings is 1. The maximum Gasteiger partial charge on any atom is 0.223 e. The third-order valence-corrected chi connectivity index (χ3v) is 3.49. The van der Waals surface area contributed by atoms with Gasteiger partial charge in [-0.2, -0.15) is 0 Å². The van der Waals surface area contributed by atoms with E-state index in [9.17, 15) is 14.0 Å². The fourth-order valence-corrected chi connectivity index (χ4v) is 2.30. The largest absolute Gasteiger partial charge is 0.369 e. The molecule has 2 rings (SSSR count). The van der Waals surface area contributed by atoms with Gasteiger partial charge in [0.2, 0.25) is 11.8 Å². The number of likely N-dealkylation sites (tertiary alicyclic amines) is 1. The number of amides is 2. The SMILES string of the molecule is NC(=O)C1CC(=O)N(Cc2ccc(Br)cc2F)C1. The summed E-state index contributed by atoms with van der Waals surface area (Å²) in [6.07, 6.45) is 0.119. The van der Waals surface area contributed by atoms with E-state index in [-0.39, 0.29) is 31.2 Å². The first-order chi connectivity index (χ1) is 8.47. The molecule has 1 saturated heterocycles. The zero-order chi connectivity index (χ0) is 13.3. The van der Waals surface area contributed by atoms with E-state index in [1.807, 2.05) is 0 Å². The Hall–Kier alpha value is -1.43. The first-order valence-electron chi connectivity index (χ1n) is 5.48. The van der Waals surface area contributed by atoms with Crippen LogP contribution in [0.3, 0.4) is 0 Å². The van der Waals surface area contributed by atoms with Crippen molar-refractivity contribution < 1.29 is 14.0 Å². The second-order valence-corrected chi connectivity index (χ2v) is 5.23. The highest BCUT2D eigenvalue weighted by Crippen LogP contribution is 2.22. The van der Waals surface area contributed by atoms with E-state index in [4.69, 9.17) is 5.73 Å². The van der Waals surface area contributed by atoms with Gasteiger partial charge in [-0.1, -0.05) is 22.0 Å². The fourth-order valence-electron chi connectivity index (χ4n) is 1.97. The van der Waals surface area contributed by atoms with E-state index in [2.05, 4.69) is 15.9 Å². The molecule has 1 fully saturated rings. The van der Waals surface area contributed by atoms with Crippen LogP contribution in [0.5, 0.6) is 0 Å². The molecule has 0 aromatic heterocycles. The molecule has 18 heavy (non-hydrogen) atoms. The summed E-state index contributed by atoms with van der Waals surface area (Å²) in [6, 6.07) is 4.68. The van der Waals surface area contributed by atoms with Gasteiger partial charge in [0, 0.05) is 29.5 Å². The first kappa shape index (κ1) is 13.0. The average molecular weight is 315 g/mol. The number of hydrogen-bond donors (Lipinski definition) is 1. The van der Waals surface area contributed by atoms with Gasteiger partial charge in [-0.05, 0) is 12.1 Å². The van der Waals surface area contributed by atoms with Gasteiger partial charge in [-0.3, -0.25) is 9.59 Å². The highest BCUT2D eigenvalue weighted by Gasteiger charge is 2.33. The Morgan fingerprint density at radius 1 is 1.56 bits per heavy atom. The fraction of sp³-hybridized carbons (Fsp3) is 0.333. The molecule has 0 saturated carbocycles. The second kappa shape index (κ2) is 5.06. The lowest BCUT2D eigenvalue weighted by Gasteiger charge is -2.16. The van der Waals surface area contributed by atoms with Crippen molar-refractivity contribution in [1.29, 1.82) is 0 Å². The normalized spacial score (nSPS) is 19.3. The Bertz CT molecular complexity index is 507. The zero-order valence-corrected chi connectivity index (χ0v) is 11.1. The number of carbonyl (C=O) groups excluding carboxylic acids is 2. The predicted octanol–water partition coefficient (Wildman–Crippen LogP) is 1.42. The van der Waals surface area contributed by atoms with Crippen molar-refractivity contribution in [2.75, 3.05) is 6.54 Å². The van der Waals surface area contributed by atoms with Crippen LogP contribution < -0.4 is 5.73 Å². The van der Waals surface area contributed by atoms with E-state index in [0.717, 1.165) is 0 Å². The molecule has 1 aliphatic rings. The van der Waals surface area contributed by atoms with Gasteiger partial charge in [0.25, 0.3) is 0 Å².